The summed E-state index contributed by atoms with van der Waals surface area (Å²) in [6, 6.07) is 6.65. The molecular weight excluding hydrogens is 233 g/mol. The van der Waals surface area contributed by atoms with Gasteiger partial charge in [0.25, 0.3) is 0 Å². The summed E-state index contributed by atoms with van der Waals surface area (Å²) in [5, 5.41) is 9.63. The van der Waals surface area contributed by atoms with E-state index in [0.717, 1.165) is 5.52 Å². The lowest BCUT2D eigenvalue weighted by molar-refractivity contribution is -0.147. The van der Waals surface area contributed by atoms with Crippen LogP contribution in [0.15, 0.2) is 30.5 Å². The van der Waals surface area contributed by atoms with Crippen LogP contribution in [0.1, 0.15) is 20.3 Å². The van der Waals surface area contributed by atoms with Gasteiger partial charge >= 0.3 is 5.97 Å². The SMILES string of the molecule is CC(C)(CCn1ccc2c(F)cccc21)C(=O)O. The van der Waals surface area contributed by atoms with Crippen LogP contribution >= 0.6 is 0 Å². The van der Waals surface area contributed by atoms with E-state index in [1.807, 2.05) is 10.6 Å². The maximum Gasteiger partial charge on any atom is 0.309 e. The van der Waals surface area contributed by atoms with Crippen LogP contribution in [-0.2, 0) is 11.3 Å². The van der Waals surface area contributed by atoms with E-state index in [2.05, 4.69) is 0 Å². The standard InChI is InChI=1S/C14H16FNO2/c1-14(2,13(17)18)7-9-16-8-6-10-11(15)4-3-5-12(10)16/h3-6,8H,7,9H2,1-2H3,(H,17,18). The third kappa shape index (κ3) is 2.23. The summed E-state index contributed by atoms with van der Waals surface area (Å²) < 4.78 is 15.4. The highest BCUT2D eigenvalue weighted by Crippen LogP contribution is 2.24. The minimum atomic E-state index is -0.815. The van der Waals surface area contributed by atoms with Crippen LogP contribution in [0, 0.1) is 11.2 Å². The van der Waals surface area contributed by atoms with Crippen LogP contribution in [0.5, 0.6) is 0 Å². The summed E-state index contributed by atoms with van der Waals surface area (Å²) in [4.78, 5) is 11.0. The Labute approximate surface area is 105 Å². The Kier molecular flexibility index (Phi) is 3.11. The third-order valence-electron chi connectivity index (χ3n) is 3.32. The second-order valence-electron chi connectivity index (χ2n) is 5.12. The van der Waals surface area contributed by atoms with E-state index < -0.39 is 11.4 Å². The Balaban J connectivity index is 2.23. The Morgan fingerprint density at radius 2 is 2.11 bits per heavy atom. The minimum absolute atomic E-state index is 0.247. The predicted octanol–water partition coefficient (Wildman–Crippen LogP) is 3.28. The van der Waals surface area contributed by atoms with Crippen molar-refractivity contribution in [2.45, 2.75) is 26.8 Å². The number of carboxylic acids is 1. The molecule has 96 valence electrons. The first kappa shape index (κ1) is 12.6. The second kappa shape index (κ2) is 4.44. The van der Waals surface area contributed by atoms with Gasteiger partial charge in [-0.05, 0) is 38.5 Å². The lowest BCUT2D eigenvalue weighted by Crippen LogP contribution is -2.25. The van der Waals surface area contributed by atoms with Gasteiger partial charge in [-0.3, -0.25) is 4.79 Å². The van der Waals surface area contributed by atoms with Crippen molar-refractivity contribution in [3.63, 3.8) is 0 Å². The van der Waals surface area contributed by atoms with Gasteiger partial charge in [-0.1, -0.05) is 6.07 Å². The van der Waals surface area contributed by atoms with E-state index in [0.29, 0.717) is 18.4 Å². The van der Waals surface area contributed by atoms with Gasteiger partial charge in [-0.15, -0.1) is 0 Å². The molecule has 3 nitrogen and oxygen atoms in total. The topological polar surface area (TPSA) is 42.2 Å². The Morgan fingerprint density at radius 1 is 1.39 bits per heavy atom. The molecule has 4 heteroatoms. The summed E-state index contributed by atoms with van der Waals surface area (Å²) in [6.07, 6.45) is 2.30. The number of halogens is 1. The number of fused-ring (bicyclic) bond motifs is 1. The molecule has 0 saturated heterocycles. The second-order valence-corrected chi connectivity index (χ2v) is 5.12. The van der Waals surface area contributed by atoms with Crippen LogP contribution in [0.3, 0.4) is 0 Å². The van der Waals surface area contributed by atoms with Gasteiger partial charge in [0.2, 0.25) is 0 Å². The molecular formula is C14H16FNO2. The first-order valence-corrected chi connectivity index (χ1v) is 5.88. The van der Waals surface area contributed by atoms with Crippen molar-refractivity contribution in [3.05, 3.63) is 36.3 Å². The molecule has 18 heavy (non-hydrogen) atoms. The molecule has 0 aliphatic carbocycles. The zero-order valence-electron chi connectivity index (χ0n) is 10.5. The van der Waals surface area contributed by atoms with Crippen molar-refractivity contribution in [2.24, 2.45) is 5.41 Å². The van der Waals surface area contributed by atoms with Gasteiger partial charge < -0.3 is 9.67 Å². The van der Waals surface area contributed by atoms with Crippen LogP contribution < -0.4 is 0 Å². The number of hydrogen-bond acceptors (Lipinski definition) is 1. The molecule has 0 radical (unpaired) electrons. The average molecular weight is 249 g/mol. The molecule has 0 spiro atoms. The maximum atomic E-state index is 13.5. The number of carbonyl (C=O) groups is 1. The van der Waals surface area contributed by atoms with Crippen LogP contribution in [-0.4, -0.2) is 15.6 Å². The number of aryl methyl sites for hydroxylation is 1. The maximum absolute atomic E-state index is 13.5. The summed E-state index contributed by atoms with van der Waals surface area (Å²) in [6.45, 7) is 3.95. The van der Waals surface area contributed by atoms with Crippen molar-refractivity contribution in [1.82, 2.24) is 4.57 Å². The molecule has 0 fully saturated rings. The fourth-order valence-electron chi connectivity index (χ4n) is 1.89. The fourth-order valence-corrected chi connectivity index (χ4v) is 1.89. The first-order valence-electron chi connectivity index (χ1n) is 5.88. The molecule has 0 aliphatic rings. The van der Waals surface area contributed by atoms with Gasteiger partial charge in [-0.2, -0.15) is 0 Å². The molecule has 1 N–H and O–H groups in total. The van der Waals surface area contributed by atoms with Gasteiger partial charge in [-0.25, -0.2) is 4.39 Å². The van der Waals surface area contributed by atoms with Crippen LogP contribution in [0.2, 0.25) is 0 Å². The van der Waals surface area contributed by atoms with E-state index in [-0.39, 0.29) is 5.82 Å². The van der Waals surface area contributed by atoms with E-state index in [1.165, 1.54) is 6.07 Å². The quantitative estimate of drug-likeness (QED) is 0.903. The summed E-state index contributed by atoms with van der Waals surface area (Å²) >= 11 is 0. The number of aliphatic carboxylic acids is 1. The molecule has 1 aromatic carbocycles. The largest absolute Gasteiger partial charge is 0.481 e. The van der Waals surface area contributed by atoms with Crippen LogP contribution in [0.4, 0.5) is 4.39 Å². The highest BCUT2D eigenvalue weighted by atomic mass is 19.1. The van der Waals surface area contributed by atoms with E-state index in [9.17, 15) is 9.18 Å². The van der Waals surface area contributed by atoms with Gasteiger partial charge in [0.15, 0.2) is 0 Å². The number of rotatable bonds is 4. The van der Waals surface area contributed by atoms with Crippen molar-refractivity contribution in [1.29, 1.82) is 0 Å². The minimum Gasteiger partial charge on any atom is -0.481 e. The molecule has 2 rings (SSSR count). The lowest BCUT2D eigenvalue weighted by atomic mass is 9.89. The zero-order chi connectivity index (χ0) is 13.3. The Bertz CT molecular complexity index is 586. The summed E-state index contributed by atoms with van der Waals surface area (Å²) in [5.41, 5.74) is 0.0281. The smallest absolute Gasteiger partial charge is 0.309 e. The Morgan fingerprint density at radius 3 is 2.78 bits per heavy atom. The number of carboxylic acid groups (broad SMARTS) is 1. The molecule has 0 aliphatic heterocycles. The van der Waals surface area contributed by atoms with Crippen molar-refractivity contribution < 1.29 is 14.3 Å². The normalized spacial score (nSPS) is 11.9. The molecule has 1 aromatic heterocycles. The molecule has 2 aromatic rings. The molecule has 0 amide bonds. The monoisotopic (exact) mass is 249 g/mol. The first-order chi connectivity index (χ1) is 8.42. The molecule has 0 atom stereocenters. The lowest BCUT2D eigenvalue weighted by Gasteiger charge is -2.19. The van der Waals surface area contributed by atoms with Crippen molar-refractivity contribution in [2.75, 3.05) is 0 Å². The number of nitrogens with zero attached hydrogens (tertiary/aromatic N) is 1. The molecule has 0 saturated carbocycles. The fraction of sp³-hybridized carbons (Fsp3) is 0.357. The van der Waals surface area contributed by atoms with E-state index >= 15 is 0 Å². The van der Waals surface area contributed by atoms with E-state index in [4.69, 9.17) is 5.11 Å². The highest BCUT2D eigenvalue weighted by molar-refractivity contribution is 5.80. The molecule has 0 unspecified atom stereocenters. The van der Waals surface area contributed by atoms with E-state index in [1.54, 1.807) is 32.2 Å². The highest BCUT2D eigenvalue weighted by Gasteiger charge is 2.26. The van der Waals surface area contributed by atoms with Crippen molar-refractivity contribution in [3.8, 4) is 0 Å². The van der Waals surface area contributed by atoms with Crippen molar-refractivity contribution >= 4 is 16.9 Å². The number of hydrogen-bond donors (Lipinski definition) is 1. The summed E-state index contributed by atoms with van der Waals surface area (Å²) in [7, 11) is 0. The van der Waals surface area contributed by atoms with Gasteiger partial charge in [0, 0.05) is 18.1 Å². The molecule has 0 bridgehead atoms. The van der Waals surface area contributed by atoms with Gasteiger partial charge in [0.05, 0.1) is 10.9 Å². The Hall–Kier alpha value is -1.84. The molecule has 1 heterocycles. The average Bonchev–Trinajstić information content (AvgIpc) is 2.71. The predicted molar refractivity (Wildman–Crippen MR) is 67.9 cm³/mol. The third-order valence-corrected chi connectivity index (χ3v) is 3.32. The van der Waals surface area contributed by atoms with Crippen LogP contribution in [0.25, 0.3) is 10.9 Å². The number of aromatic nitrogens is 1. The summed E-state index contributed by atoms with van der Waals surface area (Å²) in [5.74, 6) is -1.06. The van der Waals surface area contributed by atoms with Gasteiger partial charge in [0.1, 0.15) is 5.82 Å². The number of benzene rings is 1. The zero-order valence-corrected chi connectivity index (χ0v) is 10.5.